The van der Waals surface area contributed by atoms with Crippen molar-refractivity contribution in [3.63, 3.8) is 0 Å². The summed E-state index contributed by atoms with van der Waals surface area (Å²) in [5.74, 6) is 1.70. The Kier molecular flexibility index (Phi) is 4.97. The SMILES string of the molecule is [CH2][CH]N1CC[C@H](CNc2nc(Nc3cnn(C)c3)ncc2Cl)C1. The molecule has 1 saturated heterocycles. The molecule has 8 heteroatoms. The van der Waals surface area contributed by atoms with Crippen LogP contribution in [-0.2, 0) is 7.05 Å². The Morgan fingerprint density at radius 3 is 3.04 bits per heavy atom. The molecule has 0 amide bonds. The standard InChI is InChI=1S/C15H20ClN7/c1-3-23-5-4-11(9-23)6-17-14-13(16)8-18-15(21-14)20-12-7-19-22(2)10-12/h3,7-8,10-11H,1,4-6,9H2,2H3,(H2,17,18,20,21)/t11-/m1/s1. The topological polar surface area (TPSA) is 70.9 Å². The van der Waals surface area contributed by atoms with Crippen LogP contribution in [-0.4, -0.2) is 44.3 Å². The molecular formula is C15H20ClN7. The highest BCUT2D eigenvalue weighted by molar-refractivity contribution is 6.32. The number of halogens is 1. The number of rotatable bonds is 6. The number of likely N-dealkylation sites (tertiary alicyclic amines) is 1. The Labute approximate surface area is 141 Å². The van der Waals surface area contributed by atoms with Gasteiger partial charge in [0.25, 0.3) is 0 Å². The number of nitrogens with zero attached hydrogens (tertiary/aromatic N) is 5. The summed E-state index contributed by atoms with van der Waals surface area (Å²) in [4.78, 5) is 10.9. The first-order chi connectivity index (χ1) is 11.1. The molecular weight excluding hydrogens is 314 g/mol. The molecule has 0 aromatic carbocycles. The third-order valence-corrected chi connectivity index (χ3v) is 4.12. The summed E-state index contributed by atoms with van der Waals surface area (Å²) in [5, 5.41) is 11.1. The number of hydrogen-bond acceptors (Lipinski definition) is 6. The third-order valence-electron chi connectivity index (χ3n) is 3.84. The first-order valence-corrected chi connectivity index (χ1v) is 7.90. The van der Waals surface area contributed by atoms with Crippen molar-refractivity contribution in [3.05, 3.63) is 37.1 Å². The first kappa shape index (κ1) is 16.0. The fraction of sp³-hybridized carbons (Fsp3) is 0.400. The summed E-state index contributed by atoms with van der Waals surface area (Å²) in [6.45, 7) is 8.61. The maximum absolute atomic E-state index is 6.19. The van der Waals surface area contributed by atoms with E-state index in [-0.39, 0.29) is 0 Å². The zero-order chi connectivity index (χ0) is 16.2. The number of hydrogen-bond donors (Lipinski definition) is 2. The second-order valence-electron chi connectivity index (χ2n) is 5.63. The molecule has 0 spiro atoms. The quantitative estimate of drug-likeness (QED) is 0.845. The van der Waals surface area contributed by atoms with Gasteiger partial charge in [-0.25, -0.2) is 4.98 Å². The number of aryl methyl sites for hydroxylation is 1. The zero-order valence-electron chi connectivity index (χ0n) is 13.0. The summed E-state index contributed by atoms with van der Waals surface area (Å²) >= 11 is 6.19. The second-order valence-corrected chi connectivity index (χ2v) is 6.04. The van der Waals surface area contributed by atoms with Crippen molar-refractivity contribution in [3.8, 4) is 0 Å². The maximum Gasteiger partial charge on any atom is 0.229 e. The van der Waals surface area contributed by atoms with E-state index >= 15 is 0 Å². The molecule has 1 atom stereocenters. The van der Waals surface area contributed by atoms with Crippen molar-refractivity contribution in [2.24, 2.45) is 13.0 Å². The highest BCUT2D eigenvalue weighted by Gasteiger charge is 2.21. The van der Waals surface area contributed by atoms with E-state index in [1.54, 1.807) is 17.1 Å². The van der Waals surface area contributed by atoms with Gasteiger partial charge in [0.15, 0.2) is 5.82 Å². The monoisotopic (exact) mass is 333 g/mol. The van der Waals surface area contributed by atoms with Gasteiger partial charge in [-0.2, -0.15) is 10.1 Å². The van der Waals surface area contributed by atoms with Gasteiger partial charge in [-0.05, 0) is 25.8 Å². The van der Waals surface area contributed by atoms with E-state index in [0.29, 0.717) is 22.7 Å². The van der Waals surface area contributed by atoms with Gasteiger partial charge in [-0.15, -0.1) is 0 Å². The lowest BCUT2D eigenvalue weighted by Gasteiger charge is -2.14. The lowest BCUT2D eigenvalue weighted by molar-refractivity contribution is 0.411. The van der Waals surface area contributed by atoms with Crippen molar-refractivity contribution in [1.82, 2.24) is 24.6 Å². The molecule has 1 fully saturated rings. The van der Waals surface area contributed by atoms with Crippen molar-refractivity contribution in [2.45, 2.75) is 6.42 Å². The smallest absolute Gasteiger partial charge is 0.229 e. The van der Waals surface area contributed by atoms with Crippen LogP contribution >= 0.6 is 11.6 Å². The van der Waals surface area contributed by atoms with Gasteiger partial charge in [0, 0.05) is 32.9 Å². The lowest BCUT2D eigenvalue weighted by atomic mass is 10.1. The molecule has 23 heavy (non-hydrogen) atoms. The summed E-state index contributed by atoms with van der Waals surface area (Å²) in [5.41, 5.74) is 0.832. The second kappa shape index (κ2) is 7.14. The molecule has 2 radical (unpaired) electrons. The van der Waals surface area contributed by atoms with E-state index in [1.165, 1.54) is 0 Å². The van der Waals surface area contributed by atoms with E-state index in [2.05, 4.69) is 37.5 Å². The molecule has 122 valence electrons. The predicted molar refractivity (Wildman–Crippen MR) is 91.4 cm³/mol. The highest BCUT2D eigenvalue weighted by atomic mass is 35.5. The average molecular weight is 334 g/mol. The first-order valence-electron chi connectivity index (χ1n) is 7.52. The molecule has 2 aromatic heterocycles. The van der Waals surface area contributed by atoms with Crippen LogP contribution in [0.25, 0.3) is 0 Å². The molecule has 7 nitrogen and oxygen atoms in total. The summed E-state index contributed by atoms with van der Waals surface area (Å²) in [6.07, 6.45) is 6.31. The number of anilines is 3. The molecule has 3 rings (SSSR count). The van der Waals surface area contributed by atoms with E-state index in [0.717, 1.165) is 31.7 Å². The molecule has 1 aliphatic heterocycles. The van der Waals surface area contributed by atoms with Gasteiger partial charge < -0.3 is 10.6 Å². The van der Waals surface area contributed by atoms with Gasteiger partial charge in [-0.1, -0.05) is 11.6 Å². The summed E-state index contributed by atoms with van der Waals surface area (Å²) in [7, 11) is 1.86. The predicted octanol–water partition coefficient (Wildman–Crippen LogP) is 2.34. The van der Waals surface area contributed by atoms with Crippen LogP contribution in [0.5, 0.6) is 0 Å². The van der Waals surface area contributed by atoms with Crippen LogP contribution in [0.15, 0.2) is 18.6 Å². The Balaban J connectivity index is 1.61. The van der Waals surface area contributed by atoms with E-state index in [1.807, 2.05) is 19.8 Å². The van der Waals surface area contributed by atoms with Crippen LogP contribution in [0, 0.1) is 19.4 Å². The van der Waals surface area contributed by atoms with E-state index < -0.39 is 0 Å². The maximum atomic E-state index is 6.19. The largest absolute Gasteiger partial charge is 0.368 e. The Bertz CT molecular complexity index is 657. The third kappa shape index (κ3) is 4.11. The molecule has 2 N–H and O–H groups in total. The van der Waals surface area contributed by atoms with Gasteiger partial charge in [0.2, 0.25) is 5.95 Å². The van der Waals surface area contributed by atoms with Gasteiger partial charge in [0.1, 0.15) is 5.02 Å². The number of nitrogens with one attached hydrogen (secondary N) is 2. The summed E-state index contributed by atoms with van der Waals surface area (Å²) < 4.78 is 1.71. The number of aromatic nitrogens is 4. The van der Waals surface area contributed by atoms with Crippen molar-refractivity contribution < 1.29 is 0 Å². The van der Waals surface area contributed by atoms with Crippen molar-refractivity contribution in [1.29, 1.82) is 0 Å². The van der Waals surface area contributed by atoms with Crippen LogP contribution in [0.1, 0.15) is 6.42 Å². The fourth-order valence-corrected chi connectivity index (χ4v) is 2.76. The van der Waals surface area contributed by atoms with Gasteiger partial charge >= 0.3 is 0 Å². The Morgan fingerprint density at radius 1 is 1.48 bits per heavy atom. The normalized spacial score (nSPS) is 18.3. The Morgan fingerprint density at radius 2 is 2.35 bits per heavy atom. The minimum absolute atomic E-state index is 0.490. The van der Waals surface area contributed by atoms with E-state index in [9.17, 15) is 0 Å². The van der Waals surface area contributed by atoms with Crippen molar-refractivity contribution in [2.75, 3.05) is 30.3 Å². The molecule has 1 aliphatic rings. The van der Waals surface area contributed by atoms with Gasteiger partial charge in [0.05, 0.1) is 18.1 Å². The van der Waals surface area contributed by atoms with E-state index in [4.69, 9.17) is 11.6 Å². The minimum atomic E-state index is 0.490. The molecule has 0 saturated carbocycles. The highest BCUT2D eigenvalue weighted by Crippen LogP contribution is 2.23. The minimum Gasteiger partial charge on any atom is -0.368 e. The zero-order valence-corrected chi connectivity index (χ0v) is 13.8. The Hall–Kier alpha value is -1.86. The van der Waals surface area contributed by atoms with Crippen molar-refractivity contribution >= 4 is 29.1 Å². The molecule has 0 aliphatic carbocycles. The fourth-order valence-electron chi connectivity index (χ4n) is 2.60. The molecule has 3 heterocycles. The van der Waals surface area contributed by atoms with Crippen LogP contribution in [0.2, 0.25) is 5.02 Å². The van der Waals surface area contributed by atoms with Gasteiger partial charge in [-0.3, -0.25) is 9.58 Å². The molecule has 0 unspecified atom stereocenters. The van der Waals surface area contributed by atoms with Crippen LogP contribution in [0.3, 0.4) is 0 Å². The average Bonchev–Trinajstić information content (AvgIpc) is 3.16. The molecule has 2 aromatic rings. The lowest BCUT2D eigenvalue weighted by Crippen LogP contribution is -2.20. The van der Waals surface area contributed by atoms with Crippen LogP contribution < -0.4 is 10.6 Å². The van der Waals surface area contributed by atoms with Crippen LogP contribution in [0.4, 0.5) is 17.5 Å². The molecule has 0 bridgehead atoms. The summed E-state index contributed by atoms with van der Waals surface area (Å²) in [6, 6.07) is 0.